The van der Waals surface area contributed by atoms with Gasteiger partial charge in [0, 0.05) is 19.7 Å². The lowest BCUT2D eigenvalue weighted by Crippen LogP contribution is -2.24. The number of nitrogens with one attached hydrogen (secondary N) is 1. The highest BCUT2D eigenvalue weighted by atomic mass is 15.2. The molecule has 0 atom stereocenters. The molecule has 0 radical (unpaired) electrons. The van der Waals surface area contributed by atoms with Gasteiger partial charge in [-0.25, -0.2) is 9.97 Å². The predicted molar refractivity (Wildman–Crippen MR) is 64.1 cm³/mol. The minimum absolute atomic E-state index is 0.542. The van der Waals surface area contributed by atoms with Crippen molar-refractivity contribution in [3.05, 3.63) is 11.9 Å². The van der Waals surface area contributed by atoms with Crippen LogP contribution in [-0.4, -0.2) is 23.6 Å². The Morgan fingerprint density at radius 1 is 1.50 bits per heavy atom. The molecule has 0 amide bonds. The van der Waals surface area contributed by atoms with E-state index in [-0.39, 0.29) is 0 Å². The van der Waals surface area contributed by atoms with Crippen LogP contribution in [0.15, 0.2) is 6.07 Å². The van der Waals surface area contributed by atoms with Gasteiger partial charge in [0.05, 0.1) is 0 Å². The molecule has 1 aromatic rings. The quantitative estimate of drug-likeness (QED) is 0.617. The van der Waals surface area contributed by atoms with Crippen LogP contribution in [0.2, 0.25) is 0 Å². The van der Waals surface area contributed by atoms with Crippen LogP contribution < -0.4 is 10.2 Å². The van der Waals surface area contributed by atoms with Crippen LogP contribution in [0.4, 0.5) is 11.6 Å². The fourth-order valence-electron chi connectivity index (χ4n) is 1.51. The summed E-state index contributed by atoms with van der Waals surface area (Å²) in [5.41, 5.74) is 0. The van der Waals surface area contributed by atoms with E-state index in [2.05, 4.69) is 34.0 Å². The molecular weight excluding hydrogens is 202 g/mol. The second kappa shape index (κ2) is 5.31. The molecule has 0 bridgehead atoms. The van der Waals surface area contributed by atoms with Gasteiger partial charge in [0.2, 0.25) is 0 Å². The summed E-state index contributed by atoms with van der Waals surface area (Å²) in [4.78, 5) is 10.5. The number of nitrogens with zero attached hydrogens (tertiary/aromatic N) is 4. The van der Waals surface area contributed by atoms with Gasteiger partial charge in [-0.15, -0.1) is 0 Å². The van der Waals surface area contributed by atoms with Crippen molar-refractivity contribution in [3.8, 4) is 6.19 Å². The van der Waals surface area contributed by atoms with Crippen LogP contribution in [0.1, 0.15) is 19.7 Å². The minimum Gasteiger partial charge on any atom is -0.359 e. The molecule has 5 nitrogen and oxygen atoms in total. The van der Waals surface area contributed by atoms with Gasteiger partial charge < -0.3 is 4.90 Å². The summed E-state index contributed by atoms with van der Waals surface area (Å²) < 4.78 is 0. The molecular formula is C11H17N5. The summed E-state index contributed by atoms with van der Waals surface area (Å²) >= 11 is 0. The lowest BCUT2D eigenvalue weighted by atomic mass is 10.2. The van der Waals surface area contributed by atoms with Gasteiger partial charge in [0.15, 0.2) is 6.19 Å². The van der Waals surface area contributed by atoms with E-state index in [0.717, 1.165) is 12.4 Å². The largest absolute Gasteiger partial charge is 0.359 e. The van der Waals surface area contributed by atoms with Crippen molar-refractivity contribution < 1.29 is 0 Å². The normalized spacial score (nSPS) is 10.0. The number of rotatable bonds is 4. The van der Waals surface area contributed by atoms with Crippen molar-refractivity contribution in [2.75, 3.05) is 23.8 Å². The first-order valence-corrected chi connectivity index (χ1v) is 5.25. The summed E-state index contributed by atoms with van der Waals surface area (Å²) in [7, 11) is 1.98. The van der Waals surface area contributed by atoms with Crippen LogP contribution in [0.25, 0.3) is 0 Å². The average molecular weight is 219 g/mol. The smallest absolute Gasteiger partial charge is 0.182 e. The van der Waals surface area contributed by atoms with E-state index in [0.29, 0.717) is 17.6 Å². The van der Waals surface area contributed by atoms with Crippen molar-refractivity contribution >= 4 is 11.6 Å². The maximum Gasteiger partial charge on any atom is 0.182 e. The lowest BCUT2D eigenvalue weighted by molar-refractivity contribution is 0.633. The number of anilines is 2. The zero-order valence-corrected chi connectivity index (χ0v) is 10.2. The van der Waals surface area contributed by atoms with E-state index >= 15 is 0 Å². The number of aryl methyl sites for hydroxylation is 1. The molecule has 0 saturated heterocycles. The molecule has 0 fully saturated rings. The Hall–Kier alpha value is -1.83. The summed E-state index contributed by atoms with van der Waals surface area (Å²) in [6.45, 7) is 7.04. The van der Waals surface area contributed by atoms with Crippen molar-refractivity contribution in [1.82, 2.24) is 9.97 Å². The third kappa shape index (κ3) is 3.39. The lowest BCUT2D eigenvalue weighted by Gasteiger charge is -2.20. The summed E-state index contributed by atoms with van der Waals surface area (Å²) in [6, 6.07) is 1.78. The third-order valence-electron chi connectivity index (χ3n) is 2.04. The molecule has 1 N–H and O–H groups in total. The minimum atomic E-state index is 0.542. The molecule has 0 spiro atoms. The predicted octanol–water partition coefficient (Wildman–Crippen LogP) is 1.77. The molecule has 0 aliphatic rings. The standard InChI is InChI=1S/C11H17N5/c1-8(2)6-16(4)11-5-10(13-7-12)14-9(3)15-11/h5,8H,6H2,1-4H3,(H,13,14,15). The second-order valence-electron chi connectivity index (χ2n) is 4.17. The molecule has 0 aliphatic carbocycles. The van der Waals surface area contributed by atoms with Crippen LogP contribution in [0, 0.1) is 24.3 Å². The van der Waals surface area contributed by atoms with E-state index in [1.54, 1.807) is 6.07 Å². The van der Waals surface area contributed by atoms with Gasteiger partial charge in [-0.3, -0.25) is 5.32 Å². The first-order valence-electron chi connectivity index (χ1n) is 5.25. The fraction of sp³-hybridized carbons (Fsp3) is 0.545. The van der Waals surface area contributed by atoms with Gasteiger partial charge in [0.1, 0.15) is 17.5 Å². The highest BCUT2D eigenvalue weighted by molar-refractivity contribution is 5.50. The molecule has 0 aliphatic heterocycles. The monoisotopic (exact) mass is 219 g/mol. The SMILES string of the molecule is Cc1nc(NC#N)cc(N(C)CC(C)C)n1. The Kier molecular flexibility index (Phi) is 4.06. The van der Waals surface area contributed by atoms with Crippen molar-refractivity contribution in [2.45, 2.75) is 20.8 Å². The molecule has 1 heterocycles. The summed E-state index contributed by atoms with van der Waals surface area (Å²) in [5.74, 6) is 2.60. The first kappa shape index (κ1) is 12.2. The van der Waals surface area contributed by atoms with E-state index in [1.807, 2.05) is 20.2 Å². The Morgan fingerprint density at radius 2 is 2.19 bits per heavy atom. The Balaban J connectivity index is 2.91. The maximum atomic E-state index is 8.55. The Labute approximate surface area is 96.1 Å². The van der Waals surface area contributed by atoms with Gasteiger partial charge in [-0.05, 0) is 12.8 Å². The number of aromatic nitrogens is 2. The van der Waals surface area contributed by atoms with Crippen LogP contribution in [0.3, 0.4) is 0 Å². The third-order valence-corrected chi connectivity index (χ3v) is 2.04. The summed E-state index contributed by atoms with van der Waals surface area (Å²) in [6.07, 6.45) is 1.86. The molecule has 0 unspecified atom stereocenters. The van der Waals surface area contributed by atoms with Crippen molar-refractivity contribution in [2.24, 2.45) is 5.92 Å². The van der Waals surface area contributed by atoms with Crippen LogP contribution in [0.5, 0.6) is 0 Å². The number of hydrogen-bond acceptors (Lipinski definition) is 5. The van der Waals surface area contributed by atoms with Crippen molar-refractivity contribution in [3.63, 3.8) is 0 Å². The number of nitriles is 1. The second-order valence-corrected chi connectivity index (χ2v) is 4.17. The van der Waals surface area contributed by atoms with Gasteiger partial charge >= 0.3 is 0 Å². The van der Waals surface area contributed by atoms with Crippen LogP contribution >= 0.6 is 0 Å². The highest BCUT2D eigenvalue weighted by Crippen LogP contribution is 2.15. The fourth-order valence-corrected chi connectivity index (χ4v) is 1.51. The molecule has 86 valence electrons. The van der Waals surface area contributed by atoms with E-state index < -0.39 is 0 Å². The molecule has 0 aromatic carbocycles. The Bertz CT molecular complexity index is 394. The molecule has 1 aromatic heterocycles. The van der Waals surface area contributed by atoms with E-state index in [9.17, 15) is 0 Å². The maximum absolute atomic E-state index is 8.55. The van der Waals surface area contributed by atoms with Gasteiger partial charge in [-0.2, -0.15) is 5.26 Å². The average Bonchev–Trinajstić information content (AvgIpc) is 2.16. The molecule has 1 rings (SSSR count). The van der Waals surface area contributed by atoms with Crippen LogP contribution in [-0.2, 0) is 0 Å². The summed E-state index contributed by atoms with van der Waals surface area (Å²) in [5, 5.41) is 11.1. The van der Waals surface area contributed by atoms with Gasteiger partial charge in [0.25, 0.3) is 0 Å². The topological polar surface area (TPSA) is 64.8 Å². The zero-order valence-electron chi connectivity index (χ0n) is 10.2. The zero-order chi connectivity index (χ0) is 12.1. The van der Waals surface area contributed by atoms with E-state index in [4.69, 9.17) is 5.26 Å². The highest BCUT2D eigenvalue weighted by Gasteiger charge is 2.07. The van der Waals surface area contributed by atoms with E-state index in [1.165, 1.54) is 0 Å². The molecule has 16 heavy (non-hydrogen) atoms. The van der Waals surface area contributed by atoms with Crippen molar-refractivity contribution in [1.29, 1.82) is 5.26 Å². The van der Waals surface area contributed by atoms with Gasteiger partial charge in [-0.1, -0.05) is 13.8 Å². The first-order chi connectivity index (χ1) is 7.52. The molecule has 5 heteroatoms. The Morgan fingerprint density at radius 3 is 2.75 bits per heavy atom. The molecule has 0 saturated carbocycles. The number of hydrogen-bond donors (Lipinski definition) is 1.